The van der Waals surface area contributed by atoms with Gasteiger partial charge in [-0.3, -0.25) is 0 Å². The van der Waals surface area contributed by atoms with Crippen molar-refractivity contribution in [2.75, 3.05) is 0 Å². The van der Waals surface area contributed by atoms with E-state index in [-0.39, 0.29) is 12.8 Å². The van der Waals surface area contributed by atoms with Gasteiger partial charge in [0.25, 0.3) is 0 Å². The summed E-state index contributed by atoms with van der Waals surface area (Å²) >= 11 is 0. The van der Waals surface area contributed by atoms with E-state index in [0.717, 1.165) is 0 Å². The van der Waals surface area contributed by atoms with Crippen LogP contribution in [0.15, 0.2) is 0 Å². The van der Waals surface area contributed by atoms with E-state index in [4.69, 9.17) is 5.26 Å². The van der Waals surface area contributed by atoms with Crippen LogP contribution in [0.5, 0.6) is 0 Å². The Balaban J connectivity index is 4.97. The van der Waals surface area contributed by atoms with Crippen LogP contribution in [0.4, 0.5) is 0 Å². The van der Waals surface area contributed by atoms with Gasteiger partial charge in [0.05, 0.1) is 0 Å². The van der Waals surface area contributed by atoms with Crippen molar-refractivity contribution >= 4 is 7.28 Å². The molecule has 0 aromatic heterocycles. The molecule has 0 spiro atoms. The Bertz CT molecular complexity index is 247. The molecule has 5 heteroatoms. The van der Waals surface area contributed by atoms with Gasteiger partial charge in [0.2, 0.25) is 0 Å². The Labute approximate surface area is 85.4 Å². The number of rotatable bonds is 4. The normalized spacial score (nSPS) is 16.1. The van der Waals surface area contributed by atoms with Crippen molar-refractivity contribution in [3.63, 3.8) is 0 Å². The predicted molar refractivity (Wildman–Crippen MR) is 57.6 cm³/mol. The van der Waals surface area contributed by atoms with E-state index in [9.17, 15) is 14.7 Å². The first-order valence-electron chi connectivity index (χ1n) is 4.67. The van der Waals surface area contributed by atoms with Gasteiger partial charge in [0.15, 0.2) is 0 Å². The van der Waals surface area contributed by atoms with Gasteiger partial charge in [-0.25, -0.2) is 0 Å². The third-order valence-electron chi connectivity index (χ3n) is 2.96. The SMILES string of the molecule is CC(C)P(O)(O)(O)C(C)(C)CCC#N. The van der Waals surface area contributed by atoms with E-state index in [0.29, 0.717) is 0 Å². The van der Waals surface area contributed by atoms with Gasteiger partial charge < -0.3 is 0 Å². The van der Waals surface area contributed by atoms with E-state index < -0.39 is 18.1 Å². The first kappa shape index (κ1) is 13.8. The summed E-state index contributed by atoms with van der Waals surface area (Å²) in [6, 6.07) is 1.94. The number of hydrogen-bond donors (Lipinski definition) is 3. The maximum atomic E-state index is 9.94. The van der Waals surface area contributed by atoms with Crippen LogP contribution >= 0.6 is 7.28 Å². The summed E-state index contributed by atoms with van der Waals surface area (Å²) in [4.78, 5) is 29.8. The zero-order valence-corrected chi connectivity index (χ0v) is 10.1. The van der Waals surface area contributed by atoms with E-state index in [1.165, 1.54) is 0 Å². The summed E-state index contributed by atoms with van der Waals surface area (Å²) in [7, 11) is -4.67. The monoisotopic (exact) mass is 221 g/mol. The van der Waals surface area contributed by atoms with Crippen molar-refractivity contribution in [3.8, 4) is 6.07 Å². The van der Waals surface area contributed by atoms with E-state index in [2.05, 4.69) is 0 Å². The molecule has 0 aliphatic carbocycles. The Morgan fingerprint density at radius 3 is 2.00 bits per heavy atom. The molecule has 0 saturated heterocycles. The topological polar surface area (TPSA) is 84.5 Å². The van der Waals surface area contributed by atoms with Crippen LogP contribution in [0.1, 0.15) is 40.5 Å². The number of nitriles is 1. The summed E-state index contributed by atoms with van der Waals surface area (Å²) in [6.07, 6.45) is 0.488. The second kappa shape index (κ2) is 3.75. The third-order valence-corrected chi connectivity index (χ3v) is 7.41. The molecule has 0 aromatic carbocycles. The Morgan fingerprint density at radius 1 is 1.29 bits per heavy atom. The molecule has 0 amide bonds. The fourth-order valence-corrected chi connectivity index (χ4v) is 3.21. The first-order valence-corrected chi connectivity index (χ1v) is 6.83. The molecule has 84 valence electrons. The summed E-state index contributed by atoms with van der Waals surface area (Å²) in [6.45, 7) is 6.32. The number of nitrogens with zero attached hydrogens (tertiary/aromatic N) is 1. The molecular formula is C9H20NO3P. The van der Waals surface area contributed by atoms with Crippen LogP contribution in [0, 0.1) is 11.3 Å². The molecule has 0 rings (SSSR count). The number of hydrogen-bond acceptors (Lipinski definition) is 4. The molecule has 0 saturated carbocycles. The second-order valence-electron chi connectivity index (χ2n) is 4.61. The molecule has 0 unspecified atom stereocenters. The zero-order valence-electron chi connectivity index (χ0n) is 9.23. The van der Waals surface area contributed by atoms with Crippen molar-refractivity contribution < 1.29 is 14.7 Å². The average molecular weight is 221 g/mol. The zero-order chi connectivity index (χ0) is 11.6. The van der Waals surface area contributed by atoms with Crippen LogP contribution < -0.4 is 0 Å². The molecule has 0 fully saturated rings. The minimum absolute atomic E-state index is 0.208. The molecule has 0 atom stereocenters. The molecule has 3 N–H and O–H groups in total. The summed E-state index contributed by atoms with van der Waals surface area (Å²) in [5.74, 6) is 0. The minimum atomic E-state index is -4.67. The Hall–Kier alpha value is -0.200. The Kier molecular flexibility index (Phi) is 3.70. The molecule has 14 heavy (non-hydrogen) atoms. The van der Waals surface area contributed by atoms with Crippen LogP contribution in [0.3, 0.4) is 0 Å². The molecule has 0 bridgehead atoms. The summed E-state index contributed by atoms with van der Waals surface area (Å²) in [5.41, 5.74) is -0.602. The molecule has 0 radical (unpaired) electrons. The molecule has 0 aliphatic rings. The Morgan fingerprint density at radius 2 is 1.71 bits per heavy atom. The average Bonchev–Trinajstić information content (AvgIpc) is 1.99. The van der Waals surface area contributed by atoms with E-state index >= 15 is 0 Å². The third kappa shape index (κ3) is 2.24. The van der Waals surface area contributed by atoms with Crippen LogP contribution in [-0.2, 0) is 0 Å². The summed E-state index contributed by atoms with van der Waals surface area (Å²) < 4.78 is 0. The molecule has 4 nitrogen and oxygen atoms in total. The van der Waals surface area contributed by atoms with Crippen LogP contribution in [0.25, 0.3) is 0 Å². The molecular weight excluding hydrogens is 201 g/mol. The predicted octanol–water partition coefficient (Wildman–Crippen LogP) is 1.75. The standard InChI is InChI=1S/C9H20NO3P/c1-8(2)14(11,12,13)9(3,4)6-5-7-10/h8,11-13H,5-6H2,1-4H3. The van der Waals surface area contributed by atoms with Gasteiger partial charge in [-0.05, 0) is 0 Å². The van der Waals surface area contributed by atoms with Gasteiger partial charge in [-0.15, -0.1) is 0 Å². The quantitative estimate of drug-likeness (QED) is 0.631. The summed E-state index contributed by atoms with van der Waals surface area (Å²) in [5, 5.41) is 7.42. The first-order chi connectivity index (χ1) is 6.04. The van der Waals surface area contributed by atoms with Gasteiger partial charge in [-0.1, -0.05) is 0 Å². The van der Waals surface area contributed by atoms with Gasteiger partial charge >= 0.3 is 84.6 Å². The van der Waals surface area contributed by atoms with Crippen molar-refractivity contribution in [2.24, 2.45) is 0 Å². The van der Waals surface area contributed by atoms with Gasteiger partial charge in [-0.2, -0.15) is 0 Å². The van der Waals surface area contributed by atoms with Crippen LogP contribution in [-0.4, -0.2) is 25.5 Å². The molecule has 0 heterocycles. The van der Waals surface area contributed by atoms with Crippen molar-refractivity contribution in [3.05, 3.63) is 0 Å². The van der Waals surface area contributed by atoms with E-state index in [1.807, 2.05) is 6.07 Å². The fourth-order valence-electron chi connectivity index (χ4n) is 1.28. The van der Waals surface area contributed by atoms with Gasteiger partial charge in [0, 0.05) is 0 Å². The molecule has 0 aromatic rings. The van der Waals surface area contributed by atoms with Crippen molar-refractivity contribution in [2.45, 2.75) is 51.4 Å². The van der Waals surface area contributed by atoms with E-state index in [1.54, 1.807) is 27.7 Å². The van der Waals surface area contributed by atoms with Crippen LogP contribution in [0.2, 0.25) is 0 Å². The fraction of sp³-hybridized carbons (Fsp3) is 0.889. The van der Waals surface area contributed by atoms with Crippen molar-refractivity contribution in [1.29, 1.82) is 5.26 Å². The van der Waals surface area contributed by atoms with Crippen molar-refractivity contribution in [1.82, 2.24) is 0 Å². The molecule has 0 aliphatic heterocycles. The second-order valence-corrected chi connectivity index (χ2v) is 8.94. The van der Waals surface area contributed by atoms with Gasteiger partial charge in [0.1, 0.15) is 0 Å². The maximum absolute atomic E-state index is 9.94.